The first-order valence-corrected chi connectivity index (χ1v) is 8.54. The van der Waals surface area contributed by atoms with E-state index >= 15 is 0 Å². The lowest BCUT2D eigenvalue weighted by Gasteiger charge is -2.07. The molecule has 0 aliphatic rings. The normalized spacial score (nSPS) is 10.8. The second kappa shape index (κ2) is 7.72. The molecule has 1 aromatic heterocycles. The summed E-state index contributed by atoms with van der Waals surface area (Å²) in [7, 11) is 1.38. The maximum absolute atomic E-state index is 11.7. The zero-order valence-electron chi connectivity index (χ0n) is 13.9. The third kappa shape index (κ3) is 4.10. The molecule has 0 unspecified atom stereocenters. The van der Waals surface area contributed by atoms with Crippen LogP contribution in [0.25, 0.3) is 11.1 Å². The van der Waals surface area contributed by atoms with E-state index in [2.05, 4.69) is 15.5 Å². The Balaban J connectivity index is 1.87. The number of nitrogens with one attached hydrogen (secondary N) is 1. The van der Waals surface area contributed by atoms with Gasteiger partial charge in [0.05, 0.1) is 24.6 Å². The molecule has 1 N–H and O–H groups in total. The maximum atomic E-state index is 11.7. The highest BCUT2D eigenvalue weighted by Crippen LogP contribution is 2.24. The second-order valence-electron chi connectivity index (χ2n) is 5.32. The summed E-state index contributed by atoms with van der Waals surface area (Å²) in [5.41, 5.74) is 7.25. The monoisotopic (exact) mass is 351 g/mol. The van der Waals surface area contributed by atoms with Crippen LogP contribution in [0, 0.1) is 6.92 Å². The van der Waals surface area contributed by atoms with E-state index < -0.39 is 0 Å². The van der Waals surface area contributed by atoms with E-state index in [4.69, 9.17) is 4.74 Å². The van der Waals surface area contributed by atoms with Crippen LogP contribution < -0.4 is 5.43 Å². The zero-order valence-corrected chi connectivity index (χ0v) is 14.7. The lowest BCUT2D eigenvalue weighted by atomic mass is 9.98. The van der Waals surface area contributed by atoms with Gasteiger partial charge in [-0.15, -0.1) is 11.3 Å². The van der Waals surface area contributed by atoms with Crippen LogP contribution in [-0.2, 0) is 4.74 Å². The number of carbonyl (C=O) groups excluding carboxylic acids is 1. The van der Waals surface area contributed by atoms with E-state index in [9.17, 15) is 4.79 Å². The molecule has 2 aromatic carbocycles. The Labute approximate surface area is 150 Å². The Kier molecular flexibility index (Phi) is 5.20. The molecular weight excluding hydrogens is 334 g/mol. The first-order chi connectivity index (χ1) is 12.2. The minimum atomic E-state index is -0.353. The summed E-state index contributed by atoms with van der Waals surface area (Å²) < 4.78 is 4.79. The van der Waals surface area contributed by atoms with Crippen molar-refractivity contribution in [2.75, 3.05) is 12.5 Å². The van der Waals surface area contributed by atoms with Crippen molar-refractivity contribution in [3.05, 3.63) is 70.7 Å². The molecule has 25 heavy (non-hydrogen) atoms. The fourth-order valence-electron chi connectivity index (χ4n) is 2.37. The molecule has 5 nitrogen and oxygen atoms in total. The lowest BCUT2D eigenvalue weighted by Crippen LogP contribution is -2.01. The minimum Gasteiger partial charge on any atom is -0.465 e. The zero-order chi connectivity index (χ0) is 17.6. The third-order valence-corrected chi connectivity index (χ3v) is 4.40. The van der Waals surface area contributed by atoms with Crippen LogP contribution in [-0.4, -0.2) is 24.3 Å². The fraction of sp³-hybridized carbons (Fsp3) is 0.105. The number of benzene rings is 2. The van der Waals surface area contributed by atoms with Crippen molar-refractivity contribution in [3.63, 3.8) is 0 Å². The summed E-state index contributed by atoms with van der Waals surface area (Å²) in [5, 5.41) is 6.98. The van der Waals surface area contributed by atoms with Crippen LogP contribution in [0.1, 0.15) is 21.6 Å². The molecule has 0 saturated carbocycles. The van der Waals surface area contributed by atoms with Crippen LogP contribution in [0.15, 0.2) is 59.0 Å². The average molecular weight is 351 g/mol. The highest BCUT2D eigenvalue weighted by atomic mass is 32.1. The van der Waals surface area contributed by atoms with Crippen LogP contribution in [0.4, 0.5) is 5.13 Å². The van der Waals surface area contributed by atoms with Gasteiger partial charge in [0, 0.05) is 10.9 Å². The highest BCUT2D eigenvalue weighted by molar-refractivity contribution is 7.13. The summed E-state index contributed by atoms with van der Waals surface area (Å²) in [4.78, 5) is 16.1. The van der Waals surface area contributed by atoms with Crippen molar-refractivity contribution in [2.45, 2.75) is 6.92 Å². The number of aryl methyl sites for hydroxylation is 1. The lowest BCUT2D eigenvalue weighted by molar-refractivity contribution is 0.0601. The van der Waals surface area contributed by atoms with Gasteiger partial charge >= 0.3 is 5.97 Å². The third-order valence-electron chi connectivity index (χ3n) is 3.54. The van der Waals surface area contributed by atoms with Crippen molar-refractivity contribution in [2.24, 2.45) is 5.10 Å². The number of thiazole rings is 1. The number of nitrogens with zero attached hydrogens (tertiary/aromatic N) is 2. The van der Waals surface area contributed by atoms with Crippen molar-refractivity contribution in [1.82, 2.24) is 4.98 Å². The molecule has 126 valence electrons. The SMILES string of the molecule is COC(=O)c1cccc(-c2ccccc2C=NNc2nc(C)cs2)c1. The van der Waals surface area contributed by atoms with Gasteiger partial charge in [-0.3, -0.25) is 5.43 Å². The molecule has 0 radical (unpaired) electrons. The number of carbonyl (C=O) groups is 1. The Morgan fingerprint density at radius 3 is 2.84 bits per heavy atom. The summed E-state index contributed by atoms with van der Waals surface area (Å²) in [6.45, 7) is 1.94. The van der Waals surface area contributed by atoms with Gasteiger partial charge < -0.3 is 4.74 Å². The summed E-state index contributed by atoms with van der Waals surface area (Å²) in [5.74, 6) is -0.353. The molecule has 3 rings (SSSR count). The van der Waals surface area contributed by atoms with E-state index in [-0.39, 0.29) is 5.97 Å². The topological polar surface area (TPSA) is 63.6 Å². The number of hydrogen-bond acceptors (Lipinski definition) is 6. The average Bonchev–Trinajstić information content (AvgIpc) is 3.07. The number of rotatable bonds is 5. The van der Waals surface area contributed by atoms with Gasteiger partial charge in [-0.25, -0.2) is 9.78 Å². The first-order valence-electron chi connectivity index (χ1n) is 7.66. The van der Waals surface area contributed by atoms with E-state index in [1.54, 1.807) is 12.3 Å². The van der Waals surface area contributed by atoms with Crippen LogP contribution >= 0.6 is 11.3 Å². The number of anilines is 1. The van der Waals surface area contributed by atoms with Gasteiger partial charge in [0.2, 0.25) is 5.13 Å². The van der Waals surface area contributed by atoms with Gasteiger partial charge in [0.25, 0.3) is 0 Å². The van der Waals surface area contributed by atoms with Gasteiger partial charge in [-0.2, -0.15) is 5.10 Å². The van der Waals surface area contributed by atoms with E-state index in [0.717, 1.165) is 27.5 Å². The number of hydrogen-bond donors (Lipinski definition) is 1. The molecule has 6 heteroatoms. The predicted octanol–water partition coefficient (Wildman–Crippen LogP) is 4.35. The van der Waals surface area contributed by atoms with Crippen molar-refractivity contribution in [3.8, 4) is 11.1 Å². The first kappa shape index (κ1) is 16.9. The minimum absolute atomic E-state index is 0.353. The molecule has 0 fully saturated rings. The number of aromatic nitrogens is 1. The maximum Gasteiger partial charge on any atom is 0.337 e. The highest BCUT2D eigenvalue weighted by Gasteiger charge is 2.08. The largest absolute Gasteiger partial charge is 0.465 e. The predicted molar refractivity (Wildman–Crippen MR) is 101 cm³/mol. The number of ether oxygens (including phenoxy) is 1. The Bertz CT molecular complexity index is 918. The van der Waals surface area contributed by atoms with Crippen molar-refractivity contribution < 1.29 is 9.53 Å². The van der Waals surface area contributed by atoms with E-state index in [0.29, 0.717) is 5.56 Å². The Morgan fingerprint density at radius 1 is 1.24 bits per heavy atom. The van der Waals surface area contributed by atoms with Gasteiger partial charge in [0.1, 0.15) is 0 Å². The van der Waals surface area contributed by atoms with Gasteiger partial charge in [-0.1, -0.05) is 36.4 Å². The smallest absolute Gasteiger partial charge is 0.337 e. The summed E-state index contributed by atoms with van der Waals surface area (Å²) in [6.07, 6.45) is 1.75. The van der Waals surface area contributed by atoms with Crippen molar-refractivity contribution >= 4 is 28.7 Å². The van der Waals surface area contributed by atoms with E-state index in [1.165, 1.54) is 18.4 Å². The van der Waals surface area contributed by atoms with Gasteiger partial charge in [0.15, 0.2) is 0 Å². The molecule has 0 aliphatic carbocycles. The Hall–Kier alpha value is -2.99. The standard InChI is InChI=1S/C19H17N3O2S/c1-13-12-25-19(21-13)22-20-11-16-6-3-4-9-17(16)14-7-5-8-15(10-14)18(23)24-2/h3-12H,1-2H3,(H,21,22). The van der Waals surface area contributed by atoms with Crippen LogP contribution in [0.2, 0.25) is 0 Å². The molecule has 0 bridgehead atoms. The molecule has 0 saturated heterocycles. The van der Waals surface area contributed by atoms with Gasteiger partial charge in [-0.05, 0) is 30.2 Å². The van der Waals surface area contributed by atoms with Crippen LogP contribution in [0.3, 0.4) is 0 Å². The molecule has 0 aliphatic heterocycles. The molecule has 0 amide bonds. The Morgan fingerprint density at radius 2 is 2.08 bits per heavy atom. The summed E-state index contributed by atoms with van der Waals surface area (Å²) in [6, 6.07) is 15.2. The second-order valence-corrected chi connectivity index (χ2v) is 6.18. The number of esters is 1. The van der Waals surface area contributed by atoms with Crippen LogP contribution in [0.5, 0.6) is 0 Å². The molecule has 0 spiro atoms. The van der Waals surface area contributed by atoms with Crippen molar-refractivity contribution in [1.29, 1.82) is 0 Å². The molecule has 1 heterocycles. The quantitative estimate of drug-likeness (QED) is 0.422. The molecule has 0 atom stereocenters. The molecule has 3 aromatic rings. The van der Waals surface area contributed by atoms with E-state index in [1.807, 2.05) is 54.8 Å². The molecular formula is C19H17N3O2S. The summed E-state index contributed by atoms with van der Waals surface area (Å²) >= 11 is 1.51. The number of hydrazone groups is 1. The fourth-order valence-corrected chi connectivity index (χ4v) is 3.00. The number of methoxy groups -OCH3 is 1.